The van der Waals surface area contributed by atoms with Gasteiger partial charge < -0.3 is 4.90 Å². The maximum absolute atomic E-state index is 13.2. The molecule has 3 aromatic rings. The van der Waals surface area contributed by atoms with Crippen LogP contribution in [-0.4, -0.2) is 59.5 Å². The van der Waals surface area contributed by atoms with Crippen molar-refractivity contribution in [1.29, 1.82) is 0 Å². The normalized spacial score (nSPS) is 15.2. The van der Waals surface area contributed by atoms with Crippen LogP contribution in [0.4, 0.5) is 4.39 Å². The highest BCUT2D eigenvalue weighted by Gasteiger charge is 2.32. The number of rotatable bonds is 4. The molecule has 32 heavy (non-hydrogen) atoms. The van der Waals surface area contributed by atoms with Crippen molar-refractivity contribution in [3.8, 4) is 5.69 Å². The molecule has 1 fully saturated rings. The van der Waals surface area contributed by atoms with E-state index in [0.29, 0.717) is 16.4 Å². The highest BCUT2D eigenvalue weighted by Crippen LogP contribution is 2.26. The number of benzene rings is 2. The SMILES string of the molecule is Cc1nn(-c2ccc(F)cc2)c(Cl)c1C(=O)N1CCN(S(=O)(=O)c2ccc(Cl)cc2)CC1. The van der Waals surface area contributed by atoms with Crippen molar-refractivity contribution < 1.29 is 17.6 Å². The largest absolute Gasteiger partial charge is 0.336 e. The van der Waals surface area contributed by atoms with Crippen LogP contribution in [0.15, 0.2) is 53.4 Å². The van der Waals surface area contributed by atoms with Crippen molar-refractivity contribution in [2.75, 3.05) is 26.2 Å². The first-order chi connectivity index (χ1) is 15.2. The summed E-state index contributed by atoms with van der Waals surface area (Å²) in [6.07, 6.45) is 0. The van der Waals surface area contributed by atoms with Gasteiger partial charge >= 0.3 is 0 Å². The van der Waals surface area contributed by atoms with E-state index >= 15 is 0 Å². The molecule has 4 rings (SSSR count). The first kappa shape index (κ1) is 22.7. The number of sulfonamides is 1. The van der Waals surface area contributed by atoms with Gasteiger partial charge in [-0.2, -0.15) is 9.40 Å². The molecule has 2 heterocycles. The van der Waals surface area contributed by atoms with E-state index in [9.17, 15) is 17.6 Å². The fraction of sp³-hybridized carbons (Fsp3) is 0.238. The van der Waals surface area contributed by atoms with Crippen LogP contribution in [0.25, 0.3) is 5.69 Å². The van der Waals surface area contributed by atoms with Crippen molar-refractivity contribution in [2.45, 2.75) is 11.8 Å². The predicted octanol–water partition coefficient (Wildman–Crippen LogP) is 3.77. The molecule has 1 aromatic heterocycles. The number of carbonyl (C=O) groups is 1. The van der Waals surface area contributed by atoms with E-state index in [-0.39, 0.29) is 47.7 Å². The first-order valence-corrected chi connectivity index (χ1v) is 11.9. The zero-order valence-electron chi connectivity index (χ0n) is 17.0. The average Bonchev–Trinajstić information content (AvgIpc) is 3.08. The molecule has 0 atom stereocenters. The van der Waals surface area contributed by atoms with Gasteiger partial charge in [0.05, 0.1) is 21.8 Å². The molecule has 168 valence electrons. The summed E-state index contributed by atoms with van der Waals surface area (Å²) in [4.78, 5) is 14.9. The molecule has 2 aromatic carbocycles. The lowest BCUT2D eigenvalue weighted by atomic mass is 10.2. The topological polar surface area (TPSA) is 75.5 Å². The number of piperazine rings is 1. The number of hydrogen-bond acceptors (Lipinski definition) is 4. The third-order valence-electron chi connectivity index (χ3n) is 5.27. The Labute approximate surface area is 195 Å². The average molecular weight is 497 g/mol. The summed E-state index contributed by atoms with van der Waals surface area (Å²) in [6.45, 7) is 2.39. The molecule has 11 heteroatoms. The Kier molecular flexibility index (Phi) is 6.26. The van der Waals surface area contributed by atoms with Crippen molar-refractivity contribution in [2.24, 2.45) is 0 Å². The second kappa shape index (κ2) is 8.82. The Balaban J connectivity index is 1.50. The number of aromatic nitrogens is 2. The second-order valence-corrected chi connectivity index (χ2v) is 10.0. The lowest BCUT2D eigenvalue weighted by molar-refractivity contribution is 0.0697. The van der Waals surface area contributed by atoms with E-state index in [4.69, 9.17) is 23.2 Å². The molecule has 1 aliphatic rings. The summed E-state index contributed by atoms with van der Waals surface area (Å²) in [5, 5.41) is 4.90. The summed E-state index contributed by atoms with van der Waals surface area (Å²) in [7, 11) is -3.68. The molecule has 7 nitrogen and oxygen atoms in total. The highest BCUT2D eigenvalue weighted by atomic mass is 35.5. The minimum Gasteiger partial charge on any atom is -0.336 e. The molecule has 1 amide bonds. The highest BCUT2D eigenvalue weighted by molar-refractivity contribution is 7.89. The van der Waals surface area contributed by atoms with Crippen molar-refractivity contribution >= 4 is 39.1 Å². The van der Waals surface area contributed by atoms with Gasteiger partial charge in [-0.15, -0.1) is 0 Å². The zero-order chi connectivity index (χ0) is 23.0. The fourth-order valence-electron chi connectivity index (χ4n) is 3.54. The van der Waals surface area contributed by atoms with Gasteiger partial charge in [0.2, 0.25) is 10.0 Å². The molecule has 0 spiro atoms. The van der Waals surface area contributed by atoms with Gasteiger partial charge in [0, 0.05) is 31.2 Å². The van der Waals surface area contributed by atoms with Crippen LogP contribution in [0.3, 0.4) is 0 Å². The van der Waals surface area contributed by atoms with Gasteiger partial charge in [0.15, 0.2) is 0 Å². The van der Waals surface area contributed by atoms with E-state index in [1.165, 1.54) is 57.5 Å². The lowest BCUT2D eigenvalue weighted by Gasteiger charge is -2.34. The third-order valence-corrected chi connectivity index (χ3v) is 7.78. The minimum absolute atomic E-state index is 0.121. The van der Waals surface area contributed by atoms with E-state index in [1.807, 2.05) is 0 Å². The molecule has 0 bridgehead atoms. The molecule has 1 aliphatic heterocycles. The van der Waals surface area contributed by atoms with Crippen LogP contribution in [0.2, 0.25) is 10.2 Å². The van der Waals surface area contributed by atoms with Crippen LogP contribution in [0, 0.1) is 12.7 Å². The summed E-state index contributed by atoms with van der Waals surface area (Å²) in [6, 6.07) is 11.6. The number of carbonyl (C=O) groups excluding carboxylic acids is 1. The maximum Gasteiger partial charge on any atom is 0.259 e. The quantitative estimate of drug-likeness (QED) is 0.550. The van der Waals surface area contributed by atoms with Crippen molar-refractivity contribution in [3.05, 3.63) is 75.8 Å². The predicted molar refractivity (Wildman–Crippen MR) is 119 cm³/mol. The summed E-state index contributed by atoms with van der Waals surface area (Å²) >= 11 is 12.3. The van der Waals surface area contributed by atoms with Gasteiger partial charge in [0.1, 0.15) is 11.0 Å². The summed E-state index contributed by atoms with van der Waals surface area (Å²) in [5.41, 5.74) is 1.20. The number of hydrogen-bond donors (Lipinski definition) is 0. The molecule has 1 saturated heterocycles. The maximum atomic E-state index is 13.2. The standard InChI is InChI=1S/C21H19Cl2FN4O3S/c1-14-19(20(23)28(25-14)17-6-4-16(24)5-7-17)21(29)26-10-12-27(13-11-26)32(30,31)18-8-2-15(22)3-9-18/h2-9H,10-13H2,1H3. The van der Waals surface area contributed by atoms with Crippen LogP contribution in [0.1, 0.15) is 16.1 Å². The van der Waals surface area contributed by atoms with E-state index < -0.39 is 15.8 Å². The molecular weight excluding hydrogens is 478 g/mol. The Bertz CT molecular complexity index is 1250. The van der Waals surface area contributed by atoms with E-state index in [1.54, 1.807) is 11.8 Å². The molecule has 0 N–H and O–H groups in total. The summed E-state index contributed by atoms with van der Waals surface area (Å²) < 4.78 is 41.7. The van der Waals surface area contributed by atoms with Crippen LogP contribution >= 0.6 is 23.2 Å². The van der Waals surface area contributed by atoms with E-state index in [0.717, 1.165) is 0 Å². The smallest absolute Gasteiger partial charge is 0.259 e. The molecular formula is C21H19Cl2FN4O3S. The molecule has 0 unspecified atom stereocenters. The summed E-state index contributed by atoms with van der Waals surface area (Å²) in [5.74, 6) is -0.721. The number of aryl methyl sites for hydroxylation is 1. The van der Waals surface area contributed by atoms with Crippen molar-refractivity contribution in [1.82, 2.24) is 19.0 Å². The van der Waals surface area contributed by atoms with Crippen LogP contribution in [0.5, 0.6) is 0 Å². The number of amides is 1. The van der Waals surface area contributed by atoms with E-state index in [2.05, 4.69) is 5.10 Å². The van der Waals surface area contributed by atoms with Gasteiger partial charge in [-0.05, 0) is 55.5 Å². The molecule has 0 saturated carbocycles. The number of nitrogens with zero attached hydrogens (tertiary/aromatic N) is 4. The Morgan fingerprint density at radius 2 is 1.56 bits per heavy atom. The fourth-order valence-corrected chi connectivity index (χ4v) is 5.44. The monoisotopic (exact) mass is 496 g/mol. The molecule has 0 aliphatic carbocycles. The third kappa shape index (κ3) is 4.25. The van der Waals surface area contributed by atoms with Gasteiger partial charge in [-0.25, -0.2) is 17.5 Å². The minimum atomic E-state index is -3.68. The Hall–Kier alpha value is -2.46. The zero-order valence-corrected chi connectivity index (χ0v) is 19.3. The Morgan fingerprint density at radius 1 is 0.969 bits per heavy atom. The van der Waals surface area contributed by atoms with Gasteiger partial charge in [0.25, 0.3) is 5.91 Å². The van der Waals surface area contributed by atoms with Gasteiger partial charge in [-0.3, -0.25) is 4.79 Å². The van der Waals surface area contributed by atoms with Gasteiger partial charge in [-0.1, -0.05) is 23.2 Å². The lowest BCUT2D eigenvalue weighted by Crippen LogP contribution is -2.50. The van der Waals surface area contributed by atoms with Crippen molar-refractivity contribution in [3.63, 3.8) is 0 Å². The number of halogens is 3. The first-order valence-electron chi connectivity index (χ1n) is 9.74. The second-order valence-electron chi connectivity index (χ2n) is 7.29. The molecule has 0 radical (unpaired) electrons. The van der Waals surface area contributed by atoms with Crippen LogP contribution < -0.4 is 0 Å². The van der Waals surface area contributed by atoms with Crippen LogP contribution in [-0.2, 0) is 10.0 Å². The Morgan fingerprint density at radius 3 is 2.16 bits per heavy atom.